The number of amides is 1. The summed E-state index contributed by atoms with van der Waals surface area (Å²) < 4.78 is 7.36. The van der Waals surface area contributed by atoms with Crippen LogP contribution in [0, 0.1) is 12.8 Å². The lowest BCUT2D eigenvalue weighted by atomic mass is 9.91. The molecule has 5 rings (SSSR count). The molecule has 4 aromatic rings. The molecule has 0 aliphatic heterocycles. The number of thiazole rings is 1. The van der Waals surface area contributed by atoms with E-state index in [1.165, 1.54) is 22.5 Å². The molecule has 1 unspecified atom stereocenters. The smallest absolute Gasteiger partial charge is 0.337 e. The highest BCUT2D eigenvalue weighted by molar-refractivity contribution is 7.13. The van der Waals surface area contributed by atoms with Crippen molar-refractivity contribution < 1.29 is 19.4 Å². The Balaban J connectivity index is 1.58. The molecule has 0 radical (unpaired) electrons. The molecule has 0 fully saturated rings. The Labute approximate surface area is 219 Å². The number of nitrogens with two attached hydrogens (primary N) is 1. The quantitative estimate of drug-likeness (QED) is 0.305. The van der Waals surface area contributed by atoms with Gasteiger partial charge in [0.25, 0.3) is 0 Å². The van der Waals surface area contributed by atoms with Crippen molar-refractivity contribution in [3.8, 4) is 27.7 Å². The number of carbonyl (C=O) groups excluding carboxylic acids is 1. The average Bonchev–Trinajstić information content (AvgIpc) is 3.62. The fourth-order valence-corrected chi connectivity index (χ4v) is 6.27. The van der Waals surface area contributed by atoms with Gasteiger partial charge in [-0.25, -0.2) is 9.78 Å². The van der Waals surface area contributed by atoms with E-state index in [1.807, 2.05) is 48.7 Å². The van der Waals surface area contributed by atoms with Gasteiger partial charge in [-0.15, -0.1) is 11.3 Å². The van der Waals surface area contributed by atoms with Crippen molar-refractivity contribution in [1.29, 1.82) is 0 Å². The van der Waals surface area contributed by atoms with Crippen molar-refractivity contribution in [2.45, 2.75) is 38.6 Å². The number of nitrogens with zero attached hydrogens (tertiary/aromatic N) is 2. The summed E-state index contributed by atoms with van der Waals surface area (Å²) in [5, 5.41) is 12.8. The molecule has 8 heteroatoms. The van der Waals surface area contributed by atoms with Crippen LogP contribution in [-0.2, 0) is 17.6 Å². The number of ether oxygens (including phenoxy) is 1. The molecule has 1 atom stereocenters. The first-order valence-electron chi connectivity index (χ1n) is 12.3. The molecular weight excluding hydrogens is 486 g/mol. The zero-order valence-electron chi connectivity index (χ0n) is 20.8. The monoisotopic (exact) mass is 515 g/mol. The van der Waals surface area contributed by atoms with E-state index in [-0.39, 0.29) is 29.9 Å². The van der Waals surface area contributed by atoms with Crippen LogP contribution in [0.15, 0.2) is 60.0 Å². The van der Waals surface area contributed by atoms with Crippen LogP contribution >= 0.6 is 11.3 Å². The van der Waals surface area contributed by atoms with Crippen molar-refractivity contribution in [1.82, 2.24) is 9.55 Å². The molecule has 2 aromatic carbocycles. The van der Waals surface area contributed by atoms with Gasteiger partial charge in [-0.05, 0) is 73.6 Å². The summed E-state index contributed by atoms with van der Waals surface area (Å²) in [7, 11) is 1.63. The van der Waals surface area contributed by atoms with Gasteiger partial charge in [0.15, 0.2) is 0 Å². The summed E-state index contributed by atoms with van der Waals surface area (Å²) in [6.07, 6.45) is 2.50. The van der Waals surface area contributed by atoms with Gasteiger partial charge in [0.05, 0.1) is 24.1 Å². The van der Waals surface area contributed by atoms with Crippen molar-refractivity contribution in [2.75, 3.05) is 7.11 Å². The van der Waals surface area contributed by atoms with E-state index in [9.17, 15) is 14.7 Å². The summed E-state index contributed by atoms with van der Waals surface area (Å²) in [5.74, 6) is -0.360. The maximum absolute atomic E-state index is 12.2. The highest BCUT2D eigenvalue weighted by Crippen LogP contribution is 2.41. The third-order valence-corrected chi connectivity index (χ3v) is 8.16. The molecule has 2 heterocycles. The van der Waals surface area contributed by atoms with Gasteiger partial charge in [-0.2, -0.15) is 0 Å². The first-order chi connectivity index (χ1) is 17.9. The molecule has 1 aliphatic carbocycles. The lowest BCUT2D eigenvalue weighted by molar-refractivity contribution is -0.118. The van der Waals surface area contributed by atoms with E-state index in [0.717, 1.165) is 34.9 Å². The Kier molecular flexibility index (Phi) is 6.84. The van der Waals surface area contributed by atoms with Crippen molar-refractivity contribution >= 4 is 23.2 Å². The van der Waals surface area contributed by atoms with Crippen molar-refractivity contribution in [3.63, 3.8) is 0 Å². The van der Waals surface area contributed by atoms with Gasteiger partial charge >= 0.3 is 5.97 Å². The Bertz CT molecular complexity index is 1430. The number of benzene rings is 2. The number of aromatic nitrogens is 2. The topological polar surface area (TPSA) is 107 Å². The lowest BCUT2D eigenvalue weighted by Gasteiger charge is -2.28. The number of hydrogen-bond acceptors (Lipinski definition) is 5. The Morgan fingerprint density at radius 2 is 1.84 bits per heavy atom. The largest absolute Gasteiger partial charge is 0.497 e. The molecule has 0 saturated heterocycles. The van der Waals surface area contributed by atoms with Crippen LogP contribution in [0.4, 0.5) is 0 Å². The lowest BCUT2D eigenvalue weighted by Crippen LogP contribution is -2.24. The molecule has 0 spiro atoms. The zero-order chi connectivity index (χ0) is 26.1. The average molecular weight is 516 g/mol. The highest BCUT2D eigenvalue weighted by Gasteiger charge is 2.33. The molecule has 2 aromatic heterocycles. The SMILES string of the molecule is COc1ccc(-c2nc(-c3cc(C(=O)O)c(C)n3C(CCC(N)=O)C3Cc4ccccc4C3)cs2)cc1. The highest BCUT2D eigenvalue weighted by atomic mass is 32.1. The fraction of sp³-hybridized carbons (Fsp3) is 0.276. The van der Waals surface area contributed by atoms with Gasteiger partial charge in [0, 0.05) is 29.1 Å². The number of aromatic carboxylic acids is 1. The summed E-state index contributed by atoms with van der Waals surface area (Å²) in [4.78, 5) is 28.9. The maximum atomic E-state index is 12.2. The normalized spacial score (nSPS) is 13.9. The summed E-state index contributed by atoms with van der Waals surface area (Å²) in [5.41, 5.74) is 11.5. The van der Waals surface area contributed by atoms with E-state index in [0.29, 0.717) is 17.8 Å². The molecule has 37 heavy (non-hydrogen) atoms. The number of carboxylic acid groups (broad SMARTS) is 1. The molecular formula is C29H29N3O4S. The third-order valence-electron chi connectivity index (χ3n) is 7.27. The molecule has 0 saturated carbocycles. The minimum atomic E-state index is -0.980. The van der Waals surface area contributed by atoms with Crippen molar-refractivity contribution in [2.24, 2.45) is 11.7 Å². The fourth-order valence-electron chi connectivity index (χ4n) is 5.45. The first-order valence-corrected chi connectivity index (χ1v) is 13.1. The third kappa shape index (κ3) is 4.89. The standard InChI is InChI=1S/C29H29N3O4S/c1-17-23(29(34)35)15-26(24-16-37-28(31-24)18-7-9-22(36-2)10-8-18)32(17)25(11-12-27(30)33)21-13-19-5-3-4-6-20(19)14-21/h3-10,15-16,21,25H,11-14H2,1-2H3,(H2,30,33)(H,34,35). The van der Waals surface area contributed by atoms with Crippen LogP contribution in [0.2, 0.25) is 0 Å². The second-order valence-electron chi connectivity index (χ2n) is 9.48. The van der Waals surface area contributed by atoms with Crippen LogP contribution < -0.4 is 10.5 Å². The molecule has 7 nitrogen and oxygen atoms in total. The molecule has 3 N–H and O–H groups in total. The van der Waals surface area contributed by atoms with Crippen LogP contribution in [-0.4, -0.2) is 33.6 Å². The van der Waals surface area contributed by atoms with E-state index < -0.39 is 5.97 Å². The van der Waals surface area contributed by atoms with Gasteiger partial charge in [-0.1, -0.05) is 24.3 Å². The van der Waals surface area contributed by atoms with Crippen LogP contribution in [0.25, 0.3) is 22.0 Å². The van der Waals surface area contributed by atoms with E-state index in [2.05, 4.69) is 16.7 Å². The minimum absolute atomic E-state index is 0.103. The van der Waals surface area contributed by atoms with Crippen LogP contribution in [0.1, 0.15) is 46.1 Å². The minimum Gasteiger partial charge on any atom is -0.497 e. The summed E-state index contributed by atoms with van der Waals surface area (Å²) in [6.45, 7) is 1.84. The predicted octanol–water partition coefficient (Wildman–Crippen LogP) is 5.52. The van der Waals surface area contributed by atoms with E-state index >= 15 is 0 Å². The molecule has 190 valence electrons. The van der Waals surface area contributed by atoms with E-state index in [4.69, 9.17) is 15.5 Å². The Hall–Kier alpha value is -3.91. The van der Waals surface area contributed by atoms with Crippen LogP contribution in [0.5, 0.6) is 5.75 Å². The molecule has 0 bridgehead atoms. The second-order valence-corrected chi connectivity index (χ2v) is 10.3. The Morgan fingerprint density at radius 1 is 1.16 bits per heavy atom. The number of rotatable bonds is 9. The first kappa shape index (κ1) is 24.8. The van der Waals surface area contributed by atoms with Gasteiger partial charge in [-0.3, -0.25) is 4.79 Å². The number of hydrogen-bond donors (Lipinski definition) is 2. The van der Waals surface area contributed by atoms with E-state index in [1.54, 1.807) is 13.2 Å². The summed E-state index contributed by atoms with van der Waals surface area (Å²) >= 11 is 1.51. The number of carbonyl (C=O) groups is 2. The zero-order valence-corrected chi connectivity index (χ0v) is 21.6. The van der Waals surface area contributed by atoms with Crippen LogP contribution in [0.3, 0.4) is 0 Å². The second kappa shape index (κ2) is 10.2. The number of primary amides is 1. The predicted molar refractivity (Wildman–Crippen MR) is 144 cm³/mol. The van der Waals surface area contributed by atoms with Gasteiger partial charge in [0.2, 0.25) is 5.91 Å². The summed E-state index contributed by atoms with van der Waals surface area (Å²) in [6, 6.07) is 17.7. The van der Waals surface area contributed by atoms with Gasteiger partial charge < -0.3 is 20.1 Å². The molecule has 1 amide bonds. The van der Waals surface area contributed by atoms with Gasteiger partial charge in [0.1, 0.15) is 10.8 Å². The number of fused-ring (bicyclic) bond motifs is 1. The maximum Gasteiger partial charge on any atom is 0.337 e. The number of methoxy groups -OCH3 is 1. The Morgan fingerprint density at radius 3 is 2.43 bits per heavy atom. The molecule has 1 aliphatic rings. The number of carboxylic acids is 1. The van der Waals surface area contributed by atoms with Crippen molar-refractivity contribution in [3.05, 3.63) is 82.4 Å².